The van der Waals surface area contributed by atoms with E-state index < -0.39 is 104 Å². The molecule has 0 bridgehead atoms. The highest BCUT2D eigenvalue weighted by atomic mass is 19.4. The van der Waals surface area contributed by atoms with Gasteiger partial charge >= 0.3 is 47.6 Å². The molecule has 1 fully saturated rings. The first-order chi connectivity index (χ1) is 17.0. The van der Waals surface area contributed by atoms with Crippen LogP contribution in [0.3, 0.4) is 0 Å². The van der Waals surface area contributed by atoms with Gasteiger partial charge in [-0.15, -0.1) is 0 Å². The van der Waals surface area contributed by atoms with Gasteiger partial charge in [0.2, 0.25) is 0 Å². The van der Waals surface area contributed by atoms with Crippen molar-refractivity contribution in [3.63, 3.8) is 0 Å². The molecule has 1 aliphatic rings. The van der Waals surface area contributed by atoms with E-state index in [2.05, 4.69) is 0 Å². The van der Waals surface area contributed by atoms with E-state index >= 15 is 0 Å². The molecule has 1 rings (SSSR count). The number of aliphatic hydroxyl groups excluding tert-OH is 4. The highest BCUT2D eigenvalue weighted by Gasteiger charge is 2.95. The Kier molecular flexibility index (Phi) is 9.56. The van der Waals surface area contributed by atoms with Gasteiger partial charge in [0, 0.05) is 6.42 Å². The Balaban J connectivity index is 3.27. The molecule has 39 heavy (non-hydrogen) atoms. The third-order valence-electron chi connectivity index (χ3n) is 5.76. The van der Waals surface area contributed by atoms with Crippen LogP contribution in [0.1, 0.15) is 19.3 Å². The van der Waals surface area contributed by atoms with E-state index in [1.807, 2.05) is 0 Å². The van der Waals surface area contributed by atoms with Crippen molar-refractivity contribution in [2.75, 3.05) is 6.61 Å². The summed E-state index contributed by atoms with van der Waals surface area (Å²) in [5, 5.41) is 37.7. The first kappa shape index (κ1) is 35.6. The highest BCUT2D eigenvalue weighted by molar-refractivity contribution is 5.15. The van der Waals surface area contributed by atoms with E-state index in [1.54, 1.807) is 0 Å². The summed E-state index contributed by atoms with van der Waals surface area (Å²) in [4.78, 5) is 0. The number of halogens is 17. The Hall–Kier alpha value is -1.39. The zero-order valence-electron chi connectivity index (χ0n) is 18.3. The number of hydrogen-bond acceptors (Lipinski definition) is 5. The van der Waals surface area contributed by atoms with Gasteiger partial charge in [-0.3, -0.25) is 0 Å². The molecule has 1 saturated heterocycles. The van der Waals surface area contributed by atoms with Crippen LogP contribution in [-0.4, -0.2) is 105 Å². The number of aliphatic hydroxyl groups is 4. The van der Waals surface area contributed by atoms with E-state index in [0.29, 0.717) is 0 Å². The zero-order chi connectivity index (χ0) is 31.4. The quantitative estimate of drug-likeness (QED) is 0.261. The molecule has 22 heteroatoms. The molecule has 0 aromatic carbocycles. The predicted molar refractivity (Wildman–Crippen MR) is 88.3 cm³/mol. The molecular weight excluding hydrogens is 607 g/mol. The van der Waals surface area contributed by atoms with Crippen LogP contribution < -0.4 is 0 Å². The Morgan fingerprint density at radius 2 is 0.846 bits per heavy atom. The number of ether oxygens (including phenoxy) is 1. The van der Waals surface area contributed by atoms with E-state index in [0.717, 1.165) is 0 Å². The molecule has 0 saturated carbocycles. The molecular formula is C17H17F17O5. The lowest BCUT2D eigenvalue weighted by Crippen LogP contribution is -2.74. The van der Waals surface area contributed by atoms with Gasteiger partial charge in [0.25, 0.3) is 0 Å². The topological polar surface area (TPSA) is 90.2 Å². The van der Waals surface area contributed by atoms with Gasteiger partial charge in [-0.05, 0) is 12.8 Å². The summed E-state index contributed by atoms with van der Waals surface area (Å²) in [5.74, 6) is -57.0. The van der Waals surface area contributed by atoms with Gasteiger partial charge in [0.15, 0.2) is 0 Å². The molecule has 0 unspecified atom stereocenters. The van der Waals surface area contributed by atoms with Crippen molar-refractivity contribution >= 4 is 0 Å². The molecule has 5 atom stereocenters. The molecule has 0 aromatic rings. The molecule has 5 nitrogen and oxygen atoms in total. The van der Waals surface area contributed by atoms with Crippen LogP contribution in [0.5, 0.6) is 0 Å². The first-order valence-corrected chi connectivity index (χ1v) is 10.0. The van der Waals surface area contributed by atoms with E-state index in [9.17, 15) is 90.0 Å². The largest absolute Gasteiger partial charge is 0.460 e. The van der Waals surface area contributed by atoms with Gasteiger partial charge in [0.1, 0.15) is 24.4 Å². The van der Waals surface area contributed by atoms with Crippen molar-refractivity contribution in [3.8, 4) is 0 Å². The van der Waals surface area contributed by atoms with E-state index in [1.165, 1.54) is 0 Å². The Bertz CT molecular complexity index is 844. The average Bonchev–Trinajstić information content (AvgIpc) is 2.77. The molecule has 1 aliphatic heterocycles. The van der Waals surface area contributed by atoms with E-state index in [4.69, 9.17) is 9.84 Å². The van der Waals surface area contributed by atoms with Crippen LogP contribution in [0.25, 0.3) is 0 Å². The van der Waals surface area contributed by atoms with Crippen LogP contribution in [0.4, 0.5) is 74.6 Å². The second-order valence-corrected chi connectivity index (χ2v) is 8.41. The SMILES string of the molecule is OC[C@H]1O[C@@H](CCCC(F)(F)C(F)(F)C(F)(F)C(F)(F)C(F)(F)C(F)(F)C(F)(F)C(F)(F)F)[C@H](O)[C@@H](O)[C@@H]1O. The molecule has 1 heterocycles. The van der Waals surface area contributed by atoms with Crippen molar-refractivity contribution in [2.24, 2.45) is 0 Å². The summed E-state index contributed by atoms with van der Waals surface area (Å²) in [6.45, 7) is -1.09. The van der Waals surface area contributed by atoms with Crippen LogP contribution in [0.2, 0.25) is 0 Å². The minimum atomic E-state index is -8.71. The van der Waals surface area contributed by atoms with Gasteiger partial charge < -0.3 is 25.2 Å². The van der Waals surface area contributed by atoms with Crippen molar-refractivity contribution < 1.29 is 99.8 Å². The molecule has 0 aliphatic carbocycles. The second-order valence-electron chi connectivity index (χ2n) is 8.41. The molecule has 0 spiro atoms. The lowest BCUT2D eigenvalue weighted by Gasteiger charge is -2.43. The Morgan fingerprint density at radius 3 is 1.23 bits per heavy atom. The second kappa shape index (κ2) is 10.5. The summed E-state index contributed by atoms with van der Waals surface area (Å²) in [6.07, 6.45) is -23.4. The van der Waals surface area contributed by atoms with Crippen molar-refractivity contribution in [1.29, 1.82) is 0 Å². The minimum Gasteiger partial charge on any atom is -0.394 e. The average molecular weight is 624 g/mol. The number of hydrogen-bond donors (Lipinski definition) is 4. The third kappa shape index (κ3) is 5.34. The van der Waals surface area contributed by atoms with Crippen molar-refractivity contribution in [3.05, 3.63) is 0 Å². The summed E-state index contributed by atoms with van der Waals surface area (Å²) >= 11 is 0. The molecule has 0 amide bonds. The standard InChI is InChI=1S/C17H17F17O5/c18-10(19,3-1-2-5-7(36)9(38)8(37)6(4-35)39-5)11(20,21)12(22,23)13(24,25)14(26,27)15(28,29)16(30,31)17(32,33)34/h5-9,35-38H,1-4H2/t5-,6+,7-,8+,9+/m0/s1. The fourth-order valence-corrected chi connectivity index (χ4v) is 3.30. The van der Waals surface area contributed by atoms with Crippen LogP contribution in [0.15, 0.2) is 0 Å². The summed E-state index contributed by atoms with van der Waals surface area (Å²) in [6, 6.07) is 0. The fourth-order valence-electron chi connectivity index (χ4n) is 3.30. The third-order valence-corrected chi connectivity index (χ3v) is 5.76. The highest BCUT2D eigenvalue weighted by Crippen LogP contribution is 2.64. The van der Waals surface area contributed by atoms with Crippen molar-refractivity contribution in [2.45, 2.75) is 97.4 Å². The maximum atomic E-state index is 13.9. The lowest BCUT2D eigenvalue weighted by atomic mass is 9.87. The van der Waals surface area contributed by atoms with Gasteiger partial charge in [0.05, 0.1) is 12.7 Å². The van der Waals surface area contributed by atoms with E-state index in [-0.39, 0.29) is 0 Å². The van der Waals surface area contributed by atoms with Gasteiger partial charge in [-0.2, -0.15) is 74.6 Å². The Labute approximate surface area is 205 Å². The molecule has 0 aromatic heterocycles. The maximum absolute atomic E-state index is 13.9. The smallest absolute Gasteiger partial charge is 0.394 e. The summed E-state index contributed by atoms with van der Waals surface area (Å²) < 4.78 is 230. The molecule has 0 radical (unpaired) electrons. The fraction of sp³-hybridized carbons (Fsp3) is 1.00. The first-order valence-electron chi connectivity index (χ1n) is 10.0. The van der Waals surface area contributed by atoms with Gasteiger partial charge in [-0.1, -0.05) is 0 Å². The van der Waals surface area contributed by atoms with Crippen LogP contribution in [-0.2, 0) is 4.74 Å². The number of rotatable bonds is 11. The minimum absolute atomic E-state index is 1.09. The van der Waals surface area contributed by atoms with Crippen LogP contribution >= 0.6 is 0 Å². The summed E-state index contributed by atoms with van der Waals surface area (Å²) in [7, 11) is 0. The maximum Gasteiger partial charge on any atom is 0.460 e. The Morgan fingerprint density at radius 1 is 0.487 bits per heavy atom. The molecule has 4 N–H and O–H groups in total. The monoisotopic (exact) mass is 624 g/mol. The van der Waals surface area contributed by atoms with Gasteiger partial charge in [-0.25, -0.2) is 0 Å². The summed E-state index contributed by atoms with van der Waals surface area (Å²) in [5.41, 5.74) is 0. The normalized spacial score (nSPS) is 27.2. The zero-order valence-corrected chi connectivity index (χ0v) is 18.3. The molecule has 234 valence electrons. The van der Waals surface area contributed by atoms with Crippen LogP contribution in [0, 0.1) is 0 Å². The predicted octanol–water partition coefficient (Wildman–Crippen LogP) is 4.01. The lowest BCUT2D eigenvalue weighted by molar-refractivity contribution is -0.461. The number of alkyl halides is 17. The van der Waals surface area contributed by atoms with Crippen molar-refractivity contribution in [1.82, 2.24) is 0 Å².